The Balaban J connectivity index is 1.87. The van der Waals surface area contributed by atoms with Crippen LogP contribution in [0.25, 0.3) is 0 Å². The van der Waals surface area contributed by atoms with Gasteiger partial charge in [0.2, 0.25) is 0 Å². The summed E-state index contributed by atoms with van der Waals surface area (Å²) in [6.07, 6.45) is 4.60. The molecule has 20 heavy (non-hydrogen) atoms. The van der Waals surface area contributed by atoms with Crippen molar-refractivity contribution in [2.24, 2.45) is 0 Å². The lowest BCUT2D eigenvalue weighted by molar-refractivity contribution is 0.0446. The molecule has 2 aromatic heterocycles. The van der Waals surface area contributed by atoms with Gasteiger partial charge in [-0.3, -0.25) is 9.48 Å². The third kappa shape index (κ3) is 2.39. The van der Waals surface area contributed by atoms with Gasteiger partial charge in [0.05, 0.1) is 24.9 Å². The molecule has 2 aromatic rings. The van der Waals surface area contributed by atoms with Crippen molar-refractivity contribution in [3.05, 3.63) is 42.2 Å². The van der Waals surface area contributed by atoms with Gasteiger partial charge in [-0.15, -0.1) is 0 Å². The third-order valence-corrected chi connectivity index (χ3v) is 3.38. The summed E-state index contributed by atoms with van der Waals surface area (Å²) in [7, 11) is 1.65. The van der Waals surface area contributed by atoms with Crippen LogP contribution in [0.1, 0.15) is 16.2 Å². The molecule has 0 aromatic carbocycles. The largest absolute Gasteiger partial charge is 0.378 e. The molecule has 0 radical (unpaired) electrons. The number of carbonyl (C=O) groups excluding carboxylic acids is 1. The van der Waals surface area contributed by atoms with Gasteiger partial charge < -0.3 is 9.64 Å². The first-order chi connectivity index (χ1) is 9.78. The first-order valence-electron chi connectivity index (χ1n) is 6.36. The van der Waals surface area contributed by atoms with Crippen LogP contribution in [0, 0.1) is 0 Å². The molecule has 7 heteroatoms. The lowest BCUT2D eigenvalue weighted by Crippen LogP contribution is -2.37. The number of ether oxygens (including phenoxy) is 1. The van der Waals surface area contributed by atoms with Gasteiger partial charge in [-0.05, 0) is 12.1 Å². The number of aromatic nitrogens is 4. The van der Waals surface area contributed by atoms with Crippen molar-refractivity contribution in [2.75, 3.05) is 13.7 Å². The van der Waals surface area contributed by atoms with Gasteiger partial charge in [0.25, 0.3) is 5.91 Å². The first-order valence-corrected chi connectivity index (χ1v) is 6.36. The molecule has 0 unspecified atom stereocenters. The van der Waals surface area contributed by atoms with Crippen molar-refractivity contribution in [3.8, 4) is 0 Å². The van der Waals surface area contributed by atoms with Crippen LogP contribution in [0.3, 0.4) is 0 Å². The summed E-state index contributed by atoms with van der Waals surface area (Å²) in [4.78, 5) is 22.1. The minimum Gasteiger partial charge on any atom is -0.378 e. The summed E-state index contributed by atoms with van der Waals surface area (Å²) in [5.74, 6) is -0.121. The van der Waals surface area contributed by atoms with Gasteiger partial charge >= 0.3 is 0 Å². The van der Waals surface area contributed by atoms with Gasteiger partial charge in [0.1, 0.15) is 12.0 Å². The predicted molar refractivity (Wildman–Crippen MR) is 69.8 cm³/mol. The Morgan fingerprint density at radius 2 is 2.25 bits per heavy atom. The van der Waals surface area contributed by atoms with Crippen LogP contribution in [0.5, 0.6) is 0 Å². The number of hydrogen-bond acceptors (Lipinski definition) is 5. The normalized spacial score (nSPS) is 18.4. The van der Waals surface area contributed by atoms with Crippen molar-refractivity contribution in [3.63, 3.8) is 0 Å². The molecule has 0 saturated carbocycles. The second kappa shape index (κ2) is 5.38. The molecule has 0 aliphatic carbocycles. The van der Waals surface area contributed by atoms with Crippen molar-refractivity contribution in [1.29, 1.82) is 0 Å². The molecule has 0 bridgehead atoms. The summed E-state index contributed by atoms with van der Waals surface area (Å²) in [6, 6.07) is 3.53. The number of nitrogens with zero attached hydrogens (tertiary/aromatic N) is 5. The monoisotopic (exact) mass is 273 g/mol. The Morgan fingerprint density at radius 1 is 1.35 bits per heavy atom. The van der Waals surface area contributed by atoms with Crippen LogP contribution in [0.15, 0.2) is 30.9 Å². The number of carbonyl (C=O) groups is 1. The fourth-order valence-electron chi connectivity index (χ4n) is 2.30. The zero-order chi connectivity index (χ0) is 13.9. The van der Waals surface area contributed by atoms with E-state index < -0.39 is 0 Å². The second-order valence-corrected chi connectivity index (χ2v) is 4.64. The van der Waals surface area contributed by atoms with E-state index in [-0.39, 0.29) is 12.0 Å². The zero-order valence-electron chi connectivity index (χ0n) is 11.1. The summed E-state index contributed by atoms with van der Waals surface area (Å²) in [6.45, 7) is 1.66. The van der Waals surface area contributed by atoms with E-state index in [1.54, 1.807) is 30.5 Å². The summed E-state index contributed by atoms with van der Waals surface area (Å²) < 4.78 is 7.30. The van der Waals surface area contributed by atoms with Gasteiger partial charge in [-0.25, -0.2) is 9.97 Å². The molecule has 104 valence electrons. The summed E-state index contributed by atoms with van der Waals surface area (Å²) in [5.41, 5.74) is 1.38. The van der Waals surface area contributed by atoms with Gasteiger partial charge in [0.15, 0.2) is 0 Å². The maximum Gasteiger partial charge on any atom is 0.273 e. The molecule has 1 aliphatic heterocycles. The molecule has 0 spiro atoms. The first kappa shape index (κ1) is 12.7. The van der Waals surface area contributed by atoms with Crippen LogP contribution >= 0.6 is 0 Å². The molecule has 3 heterocycles. The van der Waals surface area contributed by atoms with Crippen LogP contribution in [0.4, 0.5) is 0 Å². The molecule has 1 amide bonds. The predicted octanol–water partition coefficient (Wildman–Crippen LogP) is 0.344. The Hall–Kier alpha value is -2.28. The molecule has 1 aliphatic rings. The third-order valence-electron chi connectivity index (χ3n) is 3.38. The number of amides is 1. The Kier molecular flexibility index (Phi) is 3.42. The van der Waals surface area contributed by atoms with E-state index in [4.69, 9.17) is 4.74 Å². The summed E-state index contributed by atoms with van der Waals surface area (Å²) >= 11 is 0. The topological polar surface area (TPSA) is 73.1 Å². The Labute approximate surface area is 116 Å². The lowest BCUT2D eigenvalue weighted by atomic mass is 10.3. The minimum atomic E-state index is -0.121. The SMILES string of the molecule is CO[C@@H]1CN(C(=O)c2ccncn2)Cc2ccnn2C1. The van der Waals surface area contributed by atoms with E-state index >= 15 is 0 Å². The second-order valence-electron chi connectivity index (χ2n) is 4.64. The van der Waals surface area contributed by atoms with E-state index in [0.717, 1.165) is 5.69 Å². The van der Waals surface area contributed by atoms with Gasteiger partial charge in [-0.1, -0.05) is 0 Å². The molecule has 7 nitrogen and oxygen atoms in total. The van der Waals surface area contributed by atoms with Crippen molar-refractivity contribution in [1.82, 2.24) is 24.6 Å². The van der Waals surface area contributed by atoms with Crippen molar-refractivity contribution < 1.29 is 9.53 Å². The lowest BCUT2D eigenvalue weighted by Gasteiger charge is -2.22. The van der Waals surface area contributed by atoms with Gasteiger partial charge in [0, 0.05) is 26.0 Å². The molecule has 0 fully saturated rings. The van der Waals surface area contributed by atoms with Gasteiger partial charge in [-0.2, -0.15) is 5.10 Å². The highest BCUT2D eigenvalue weighted by Gasteiger charge is 2.26. The fraction of sp³-hybridized carbons (Fsp3) is 0.385. The smallest absolute Gasteiger partial charge is 0.273 e. The molecular weight excluding hydrogens is 258 g/mol. The van der Waals surface area contributed by atoms with Crippen LogP contribution in [-0.4, -0.2) is 50.3 Å². The highest BCUT2D eigenvalue weighted by Crippen LogP contribution is 2.15. The quantitative estimate of drug-likeness (QED) is 0.789. The van der Waals surface area contributed by atoms with Crippen molar-refractivity contribution >= 4 is 5.91 Å². The standard InChI is InChI=1S/C13H15N5O2/c1-20-11-7-17(6-10-2-5-16-18(10)8-11)13(19)12-3-4-14-9-15-12/h2-5,9,11H,6-8H2,1H3/t11-/m1/s1. The Morgan fingerprint density at radius 3 is 3.00 bits per heavy atom. The average Bonchev–Trinajstić information content (AvgIpc) is 2.85. The highest BCUT2D eigenvalue weighted by atomic mass is 16.5. The van der Waals surface area contributed by atoms with E-state index in [1.807, 2.05) is 10.7 Å². The number of fused-ring (bicyclic) bond motifs is 1. The molecule has 0 saturated heterocycles. The minimum absolute atomic E-state index is 0.0815. The highest BCUT2D eigenvalue weighted by molar-refractivity contribution is 5.92. The molecule has 0 N–H and O–H groups in total. The molecule has 1 atom stereocenters. The Bertz CT molecular complexity index is 598. The molecule has 3 rings (SSSR count). The summed E-state index contributed by atoms with van der Waals surface area (Å²) in [5, 5.41) is 4.25. The van der Waals surface area contributed by atoms with E-state index in [0.29, 0.717) is 25.3 Å². The van der Waals surface area contributed by atoms with E-state index in [9.17, 15) is 4.79 Å². The number of methoxy groups -OCH3 is 1. The van der Waals surface area contributed by atoms with Crippen molar-refractivity contribution in [2.45, 2.75) is 19.2 Å². The van der Waals surface area contributed by atoms with Crippen LogP contribution in [0.2, 0.25) is 0 Å². The van der Waals surface area contributed by atoms with Crippen LogP contribution in [-0.2, 0) is 17.8 Å². The maximum absolute atomic E-state index is 12.5. The zero-order valence-corrected chi connectivity index (χ0v) is 11.1. The van der Waals surface area contributed by atoms with Crippen LogP contribution < -0.4 is 0 Å². The van der Waals surface area contributed by atoms with E-state index in [2.05, 4.69) is 15.1 Å². The van der Waals surface area contributed by atoms with E-state index in [1.165, 1.54) is 6.33 Å². The maximum atomic E-state index is 12.5. The number of hydrogen-bond donors (Lipinski definition) is 0. The number of rotatable bonds is 2. The molecular formula is C13H15N5O2. The fourth-order valence-corrected chi connectivity index (χ4v) is 2.30. The average molecular weight is 273 g/mol.